The van der Waals surface area contributed by atoms with Crippen molar-refractivity contribution in [3.05, 3.63) is 59.7 Å². The molecule has 0 spiro atoms. The predicted octanol–water partition coefficient (Wildman–Crippen LogP) is 3.27. The Kier molecular flexibility index (Phi) is 12.1. The van der Waals surface area contributed by atoms with Gasteiger partial charge in [-0.2, -0.15) is 0 Å². The first-order valence-corrected chi connectivity index (χ1v) is 15.5. The number of rotatable bonds is 13. The summed E-state index contributed by atoms with van der Waals surface area (Å²) in [7, 11) is 0. The third-order valence-electron chi connectivity index (χ3n) is 8.00. The van der Waals surface area contributed by atoms with E-state index in [2.05, 4.69) is 5.32 Å². The molecule has 2 N–H and O–H groups in total. The number of alkyl carbamates (subject to hydrolysis) is 1. The van der Waals surface area contributed by atoms with Gasteiger partial charge in [0, 0.05) is 33.6 Å². The monoisotopic (exact) mass is 669 g/mol. The molecule has 258 valence electrons. The summed E-state index contributed by atoms with van der Waals surface area (Å²) < 4.78 is 32.9. The van der Waals surface area contributed by atoms with Gasteiger partial charge in [0.2, 0.25) is 0 Å². The standard InChI is InChI=1S/C34H39NO13/c1-18(36)43-17-29-31(46-20(3)38)32(47-21(4)39)30(45-19(2)37)28(48-29)15-9-14-27(33(40)41)35-34(42)44-16-26-24-12-7-5-10-22(24)23-11-6-8-13-25(23)26/h5-8,10-13,26-32H,9,14-17H2,1-4H3,(H,35,42)(H,40,41)/t27-,28+,29?,30?,31-,32+/m0/s1. The average Bonchev–Trinajstić information content (AvgIpc) is 3.34. The van der Waals surface area contributed by atoms with Crippen LogP contribution in [0.15, 0.2) is 48.5 Å². The van der Waals surface area contributed by atoms with E-state index in [0.29, 0.717) is 0 Å². The molecule has 6 atom stereocenters. The van der Waals surface area contributed by atoms with E-state index in [1.165, 1.54) is 6.92 Å². The largest absolute Gasteiger partial charge is 0.480 e. The van der Waals surface area contributed by atoms with Crippen LogP contribution in [0, 0.1) is 0 Å². The van der Waals surface area contributed by atoms with Gasteiger partial charge in [-0.1, -0.05) is 48.5 Å². The molecule has 0 saturated carbocycles. The number of carbonyl (C=O) groups excluding carboxylic acids is 5. The Hall–Kier alpha value is -4.98. The second-order valence-electron chi connectivity index (χ2n) is 11.5. The second-order valence-corrected chi connectivity index (χ2v) is 11.5. The molecule has 0 aromatic heterocycles. The van der Waals surface area contributed by atoms with Gasteiger partial charge < -0.3 is 38.8 Å². The van der Waals surface area contributed by atoms with E-state index in [-0.39, 0.29) is 38.4 Å². The number of amides is 1. The van der Waals surface area contributed by atoms with Gasteiger partial charge in [-0.25, -0.2) is 9.59 Å². The minimum absolute atomic E-state index is 0.00304. The molecular weight excluding hydrogens is 630 g/mol. The normalized spacial score (nSPS) is 21.9. The lowest BCUT2D eigenvalue weighted by molar-refractivity contribution is -0.253. The molecule has 1 heterocycles. The molecule has 1 aliphatic carbocycles. The summed E-state index contributed by atoms with van der Waals surface area (Å²) >= 11 is 0. The third kappa shape index (κ3) is 9.09. The van der Waals surface area contributed by atoms with E-state index < -0.39 is 72.5 Å². The second kappa shape index (κ2) is 16.2. The number of carbonyl (C=O) groups is 6. The molecule has 1 saturated heterocycles. The number of esters is 4. The highest BCUT2D eigenvalue weighted by Gasteiger charge is 2.51. The summed E-state index contributed by atoms with van der Waals surface area (Å²) in [6.07, 6.45) is -6.82. The molecular formula is C34H39NO13. The summed E-state index contributed by atoms with van der Waals surface area (Å²) in [5.74, 6) is -4.42. The maximum Gasteiger partial charge on any atom is 0.407 e. The lowest BCUT2D eigenvalue weighted by Gasteiger charge is -2.44. The van der Waals surface area contributed by atoms with E-state index in [4.69, 9.17) is 28.4 Å². The molecule has 48 heavy (non-hydrogen) atoms. The third-order valence-corrected chi connectivity index (χ3v) is 8.00. The molecule has 14 nitrogen and oxygen atoms in total. The lowest BCUT2D eigenvalue weighted by Crippen LogP contribution is -2.62. The first-order valence-electron chi connectivity index (χ1n) is 15.5. The van der Waals surface area contributed by atoms with Crippen LogP contribution in [0.5, 0.6) is 0 Å². The van der Waals surface area contributed by atoms with Crippen LogP contribution in [-0.4, -0.2) is 90.8 Å². The fourth-order valence-corrected chi connectivity index (χ4v) is 6.11. The van der Waals surface area contributed by atoms with Crippen molar-refractivity contribution in [3.8, 4) is 11.1 Å². The van der Waals surface area contributed by atoms with Crippen LogP contribution in [0.2, 0.25) is 0 Å². The minimum Gasteiger partial charge on any atom is -0.480 e. The van der Waals surface area contributed by atoms with Crippen molar-refractivity contribution in [2.24, 2.45) is 0 Å². The van der Waals surface area contributed by atoms with Crippen LogP contribution in [0.3, 0.4) is 0 Å². The Morgan fingerprint density at radius 3 is 1.75 bits per heavy atom. The number of hydrogen-bond donors (Lipinski definition) is 2. The van der Waals surface area contributed by atoms with Crippen molar-refractivity contribution >= 4 is 35.9 Å². The van der Waals surface area contributed by atoms with Gasteiger partial charge >= 0.3 is 35.9 Å². The Labute approximate surface area is 277 Å². The van der Waals surface area contributed by atoms with E-state index >= 15 is 0 Å². The maximum absolute atomic E-state index is 12.8. The first kappa shape index (κ1) is 35.9. The molecule has 0 bridgehead atoms. The lowest BCUT2D eigenvalue weighted by atomic mass is 9.91. The van der Waals surface area contributed by atoms with Crippen LogP contribution in [-0.2, 0) is 52.4 Å². The van der Waals surface area contributed by atoms with E-state index in [9.17, 15) is 33.9 Å². The summed E-state index contributed by atoms with van der Waals surface area (Å²) in [6.45, 7) is 4.16. The molecule has 2 unspecified atom stereocenters. The van der Waals surface area contributed by atoms with Gasteiger partial charge in [0.1, 0.15) is 25.4 Å². The predicted molar refractivity (Wildman–Crippen MR) is 165 cm³/mol. The quantitative estimate of drug-likeness (QED) is 0.234. The molecule has 2 aromatic carbocycles. The smallest absolute Gasteiger partial charge is 0.407 e. The Balaban J connectivity index is 1.42. The topological polar surface area (TPSA) is 190 Å². The van der Waals surface area contributed by atoms with Gasteiger partial charge in [-0.05, 0) is 41.5 Å². The number of carboxylic acid groups (broad SMARTS) is 1. The molecule has 2 aromatic rings. The molecule has 2 aliphatic rings. The number of hydrogen-bond acceptors (Lipinski definition) is 12. The van der Waals surface area contributed by atoms with Crippen LogP contribution >= 0.6 is 0 Å². The summed E-state index contributed by atoms with van der Waals surface area (Å²) in [5, 5.41) is 12.3. The van der Waals surface area contributed by atoms with Gasteiger partial charge in [-0.15, -0.1) is 0 Å². The molecule has 1 aliphatic heterocycles. The zero-order valence-corrected chi connectivity index (χ0v) is 27.0. The van der Waals surface area contributed by atoms with Crippen molar-refractivity contribution in [3.63, 3.8) is 0 Å². The van der Waals surface area contributed by atoms with Crippen molar-refractivity contribution in [1.29, 1.82) is 0 Å². The molecule has 1 amide bonds. The van der Waals surface area contributed by atoms with Crippen LogP contribution in [0.4, 0.5) is 4.79 Å². The molecule has 4 rings (SSSR count). The Bertz CT molecular complexity index is 1480. The number of ether oxygens (including phenoxy) is 6. The van der Waals surface area contributed by atoms with E-state index in [1.807, 2.05) is 48.5 Å². The summed E-state index contributed by atoms with van der Waals surface area (Å²) in [5.41, 5.74) is 4.11. The maximum atomic E-state index is 12.8. The highest BCUT2D eigenvalue weighted by Crippen LogP contribution is 2.44. The number of aliphatic carboxylic acids is 1. The number of benzene rings is 2. The van der Waals surface area contributed by atoms with E-state index in [0.717, 1.165) is 43.0 Å². The van der Waals surface area contributed by atoms with Crippen LogP contribution in [0.25, 0.3) is 11.1 Å². The fourth-order valence-electron chi connectivity index (χ4n) is 6.11. The van der Waals surface area contributed by atoms with Gasteiger partial charge in [-0.3, -0.25) is 19.2 Å². The summed E-state index contributed by atoms with van der Waals surface area (Å²) in [4.78, 5) is 72.5. The van der Waals surface area contributed by atoms with Crippen LogP contribution in [0.1, 0.15) is 64.0 Å². The van der Waals surface area contributed by atoms with E-state index in [1.54, 1.807) is 0 Å². The van der Waals surface area contributed by atoms with Crippen molar-refractivity contribution in [1.82, 2.24) is 5.32 Å². The zero-order chi connectivity index (χ0) is 35.0. The fraction of sp³-hybridized carbons (Fsp3) is 0.471. The Morgan fingerprint density at radius 2 is 1.23 bits per heavy atom. The van der Waals surface area contributed by atoms with Crippen LogP contribution < -0.4 is 5.32 Å². The zero-order valence-electron chi connectivity index (χ0n) is 27.0. The van der Waals surface area contributed by atoms with Gasteiger partial charge in [0.25, 0.3) is 0 Å². The molecule has 14 heteroatoms. The van der Waals surface area contributed by atoms with Crippen molar-refractivity contribution in [2.45, 2.75) is 89.4 Å². The molecule has 0 radical (unpaired) electrons. The highest BCUT2D eigenvalue weighted by molar-refractivity contribution is 5.81. The Morgan fingerprint density at radius 1 is 0.708 bits per heavy atom. The number of carboxylic acids is 1. The highest BCUT2D eigenvalue weighted by atomic mass is 16.7. The van der Waals surface area contributed by atoms with Gasteiger partial charge in [0.15, 0.2) is 18.3 Å². The average molecular weight is 670 g/mol. The van der Waals surface area contributed by atoms with Crippen molar-refractivity contribution in [2.75, 3.05) is 13.2 Å². The SMILES string of the molecule is CC(=O)OCC1O[C@H](CCC[C@H](NC(=O)OCC2c3ccccc3-c3ccccc32)C(=O)O)C(OC(C)=O)[C@@H](OC(C)=O)[C@H]1OC(C)=O. The van der Waals surface area contributed by atoms with Crippen molar-refractivity contribution < 1.29 is 62.3 Å². The molecule has 1 fully saturated rings. The minimum atomic E-state index is -1.34. The number of fused-ring (bicyclic) bond motifs is 3. The first-order chi connectivity index (χ1) is 22.8. The van der Waals surface area contributed by atoms with Gasteiger partial charge in [0.05, 0.1) is 6.10 Å². The number of nitrogens with one attached hydrogen (secondary N) is 1. The summed E-state index contributed by atoms with van der Waals surface area (Å²) in [6, 6.07) is 14.3.